The Morgan fingerprint density at radius 1 is 1.04 bits per heavy atom. The smallest absolute Gasteiger partial charge is 0.228 e. The number of pyridine rings is 1. The number of aliphatic imine (C=N–C) groups is 1. The average molecular weight is 679 g/mol. The van der Waals surface area contributed by atoms with E-state index in [4.69, 9.17) is 16.6 Å². The first-order chi connectivity index (χ1) is 23.3. The van der Waals surface area contributed by atoms with Gasteiger partial charge in [-0.2, -0.15) is 0 Å². The molecule has 0 spiro atoms. The predicted octanol–water partition coefficient (Wildman–Crippen LogP) is 6.75. The summed E-state index contributed by atoms with van der Waals surface area (Å²) in [6.07, 6.45) is 3.95. The number of carbonyl (C=O) groups is 2. The molecule has 5 aromatic rings. The summed E-state index contributed by atoms with van der Waals surface area (Å²) in [5, 5.41) is 20.0. The van der Waals surface area contributed by atoms with Gasteiger partial charge in [0, 0.05) is 51.6 Å². The summed E-state index contributed by atoms with van der Waals surface area (Å²) in [4.78, 5) is 36.1. The van der Waals surface area contributed by atoms with Crippen molar-refractivity contribution >= 4 is 52.0 Å². The van der Waals surface area contributed by atoms with Crippen molar-refractivity contribution in [3.8, 4) is 16.1 Å². The molecule has 2 aromatic carbocycles. The van der Waals surface area contributed by atoms with Gasteiger partial charge in [0.25, 0.3) is 0 Å². The number of thiophene rings is 1. The fourth-order valence-corrected chi connectivity index (χ4v) is 7.58. The van der Waals surface area contributed by atoms with Crippen LogP contribution in [0, 0.1) is 20.8 Å². The molecule has 5 heterocycles. The molecule has 3 aromatic heterocycles. The number of unbranched alkanes of at least 4 members (excludes halogenated alkanes) is 1. The monoisotopic (exact) mass is 678 g/mol. The normalized spacial score (nSPS) is 14.8. The second-order valence-electron chi connectivity index (χ2n) is 12.1. The maximum absolute atomic E-state index is 13.3. The Balaban J connectivity index is 0.994. The second kappa shape index (κ2) is 13.3. The highest BCUT2D eigenvalue weighted by atomic mass is 35.5. The zero-order chi connectivity index (χ0) is 33.4. The molecule has 48 heavy (non-hydrogen) atoms. The average Bonchev–Trinajstić information content (AvgIpc) is 3.71. The van der Waals surface area contributed by atoms with Gasteiger partial charge in [0.15, 0.2) is 5.82 Å². The summed E-state index contributed by atoms with van der Waals surface area (Å²) in [6.45, 7) is 7.40. The van der Waals surface area contributed by atoms with Gasteiger partial charge in [-0.05, 0) is 86.7 Å². The quantitative estimate of drug-likeness (QED) is 0.140. The van der Waals surface area contributed by atoms with Gasteiger partial charge in [-0.15, -0.1) is 21.5 Å². The molecule has 7 rings (SSSR count). The van der Waals surface area contributed by atoms with Gasteiger partial charge in [0.2, 0.25) is 11.8 Å². The Bertz CT molecular complexity index is 2070. The highest BCUT2D eigenvalue weighted by Gasteiger charge is 2.32. The van der Waals surface area contributed by atoms with E-state index in [1.165, 1.54) is 4.88 Å². The molecular weight excluding hydrogens is 644 g/mol. The van der Waals surface area contributed by atoms with Crippen molar-refractivity contribution < 1.29 is 9.59 Å². The summed E-state index contributed by atoms with van der Waals surface area (Å²) in [5.41, 5.74) is 7.83. The summed E-state index contributed by atoms with van der Waals surface area (Å²) < 4.78 is 2.06. The highest BCUT2D eigenvalue weighted by Crippen LogP contribution is 2.39. The predicted molar refractivity (Wildman–Crippen MR) is 191 cm³/mol. The van der Waals surface area contributed by atoms with E-state index in [-0.39, 0.29) is 18.2 Å². The van der Waals surface area contributed by atoms with Crippen molar-refractivity contribution in [1.82, 2.24) is 25.1 Å². The van der Waals surface area contributed by atoms with E-state index in [1.54, 1.807) is 17.5 Å². The van der Waals surface area contributed by atoms with Crippen LogP contribution in [0.2, 0.25) is 5.02 Å². The van der Waals surface area contributed by atoms with Crippen LogP contribution in [-0.4, -0.2) is 50.4 Å². The number of aromatic nitrogens is 4. The molecule has 0 saturated heterocycles. The number of hydrogen-bond acceptors (Lipinski definition) is 8. The lowest BCUT2D eigenvalue weighted by atomic mass is 9.99. The number of carbonyl (C=O) groups excluding carboxylic acids is 2. The van der Waals surface area contributed by atoms with Crippen LogP contribution in [0.5, 0.6) is 0 Å². The molecule has 1 atom stereocenters. The minimum Gasteiger partial charge on any atom is -0.370 e. The maximum atomic E-state index is 13.3. The summed E-state index contributed by atoms with van der Waals surface area (Å²) in [5.74, 6) is 2.14. The third-order valence-electron chi connectivity index (χ3n) is 8.80. The fourth-order valence-electron chi connectivity index (χ4n) is 6.24. The third-order valence-corrected chi connectivity index (χ3v) is 10.2. The first-order valence-corrected chi connectivity index (χ1v) is 17.2. The maximum Gasteiger partial charge on any atom is 0.228 e. The molecule has 2 aliphatic rings. The van der Waals surface area contributed by atoms with Crippen LogP contribution in [0.1, 0.15) is 64.1 Å². The zero-order valence-corrected chi connectivity index (χ0v) is 28.5. The van der Waals surface area contributed by atoms with E-state index < -0.39 is 6.04 Å². The lowest BCUT2D eigenvalue weighted by Crippen LogP contribution is -2.26. The minimum absolute atomic E-state index is 0.0174. The van der Waals surface area contributed by atoms with Crippen LogP contribution in [-0.2, 0) is 16.0 Å². The summed E-state index contributed by atoms with van der Waals surface area (Å²) in [6, 6.07) is 17.1. The number of anilines is 2. The van der Waals surface area contributed by atoms with Gasteiger partial charge in [-0.3, -0.25) is 19.1 Å². The topological polar surface area (TPSA) is 126 Å². The molecular formula is C36H35ClN8O2S. The number of nitrogens with one attached hydrogen (secondary N) is 3. The van der Waals surface area contributed by atoms with Crippen LogP contribution in [0.3, 0.4) is 0 Å². The van der Waals surface area contributed by atoms with Gasteiger partial charge >= 0.3 is 0 Å². The molecule has 2 aliphatic heterocycles. The first kappa shape index (κ1) is 31.7. The Morgan fingerprint density at radius 3 is 2.67 bits per heavy atom. The Morgan fingerprint density at radius 2 is 1.83 bits per heavy atom. The van der Waals surface area contributed by atoms with Crippen molar-refractivity contribution in [3.05, 3.63) is 105 Å². The van der Waals surface area contributed by atoms with E-state index in [0.717, 1.165) is 74.3 Å². The Labute approximate surface area is 287 Å². The van der Waals surface area contributed by atoms with Crippen molar-refractivity contribution in [3.63, 3.8) is 0 Å². The molecule has 10 nitrogen and oxygen atoms in total. The Kier molecular flexibility index (Phi) is 8.81. The number of hydrogen-bond donors (Lipinski definition) is 3. The largest absolute Gasteiger partial charge is 0.370 e. The second-order valence-corrected chi connectivity index (χ2v) is 13.7. The van der Waals surface area contributed by atoms with Gasteiger partial charge in [0.05, 0.1) is 18.6 Å². The number of benzene rings is 2. The molecule has 0 radical (unpaired) electrons. The molecule has 244 valence electrons. The van der Waals surface area contributed by atoms with Gasteiger partial charge in [-0.25, -0.2) is 4.98 Å². The van der Waals surface area contributed by atoms with Crippen LogP contribution in [0.25, 0.3) is 16.1 Å². The molecule has 2 amide bonds. The van der Waals surface area contributed by atoms with Gasteiger partial charge in [0.1, 0.15) is 22.7 Å². The van der Waals surface area contributed by atoms with Crippen LogP contribution >= 0.6 is 22.9 Å². The van der Waals surface area contributed by atoms with E-state index in [0.29, 0.717) is 30.4 Å². The SMILES string of the molecule is Cc1sc2c(c1C)C(c1ccc(Cl)cc1)=N[C@@H](CC(=O)NCCCCNc1ncccc1-c1ccc3c(c1)CC(=O)N3)c1nnc(C)n1-2. The van der Waals surface area contributed by atoms with Gasteiger partial charge < -0.3 is 16.0 Å². The first-order valence-electron chi connectivity index (χ1n) is 16.0. The molecule has 12 heteroatoms. The Hall–Kier alpha value is -4.87. The van der Waals surface area contributed by atoms with Crippen molar-refractivity contribution in [2.45, 2.75) is 52.5 Å². The van der Waals surface area contributed by atoms with E-state index in [9.17, 15) is 9.59 Å². The number of aryl methyl sites for hydroxylation is 2. The number of amides is 2. The highest BCUT2D eigenvalue weighted by molar-refractivity contribution is 7.15. The van der Waals surface area contributed by atoms with Crippen LogP contribution in [0.4, 0.5) is 11.5 Å². The lowest BCUT2D eigenvalue weighted by molar-refractivity contribution is -0.121. The molecule has 0 unspecified atom stereocenters. The van der Waals surface area contributed by atoms with Gasteiger partial charge in [-0.1, -0.05) is 29.8 Å². The molecule has 0 bridgehead atoms. The number of nitrogens with zero attached hydrogens (tertiary/aromatic N) is 5. The van der Waals surface area contributed by atoms with Crippen molar-refractivity contribution in [2.75, 3.05) is 23.7 Å². The minimum atomic E-state index is -0.506. The van der Waals surface area contributed by atoms with Crippen LogP contribution in [0.15, 0.2) is 65.8 Å². The number of rotatable bonds is 10. The fraction of sp³-hybridized carbons (Fsp3) is 0.278. The standard InChI is InChI=1S/C36H35ClN8O2S/c1-20-21(2)48-36-32(20)33(23-8-11-26(37)12-9-23)42-29(35-44-43-22(3)45(35)36)19-30(46)38-14-4-5-15-39-34-27(7-6-16-40-34)24-10-13-28-25(17-24)18-31(47)41-28/h6-13,16-17,29H,4-5,14-15,18-19H2,1-3H3,(H,38,46)(H,39,40)(H,41,47)/t29-/m0/s1. The van der Waals surface area contributed by atoms with Crippen LogP contribution < -0.4 is 16.0 Å². The van der Waals surface area contributed by atoms with Crippen molar-refractivity contribution in [2.24, 2.45) is 4.99 Å². The molecule has 3 N–H and O–H groups in total. The third kappa shape index (κ3) is 6.23. The van der Waals surface area contributed by atoms with E-state index >= 15 is 0 Å². The van der Waals surface area contributed by atoms with E-state index in [1.807, 2.05) is 61.5 Å². The number of halogens is 1. The number of fused-ring (bicyclic) bond motifs is 4. The molecule has 0 aliphatic carbocycles. The van der Waals surface area contributed by atoms with Crippen molar-refractivity contribution in [1.29, 1.82) is 0 Å². The van der Waals surface area contributed by atoms with E-state index in [2.05, 4.69) is 49.5 Å². The lowest BCUT2D eigenvalue weighted by Gasteiger charge is -2.14. The molecule has 0 fully saturated rings. The summed E-state index contributed by atoms with van der Waals surface area (Å²) in [7, 11) is 0. The zero-order valence-electron chi connectivity index (χ0n) is 26.9. The summed E-state index contributed by atoms with van der Waals surface area (Å²) >= 11 is 7.91. The molecule has 0 saturated carbocycles.